The van der Waals surface area contributed by atoms with Crippen LogP contribution in [0.5, 0.6) is 0 Å². The van der Waals surface area contributed by atoms with E-state index in [1.165, 1.54) is 0 Å². The van der Waals surface area contributed by atoms with Crippen LogP contribution >= 0.6 is 35.6 Å². The second kappa shape index (κ2) is 13.6. The lowest BCUT2D eigenvalue weighted by Crippen LogP contribution is -2.38. The van der Waals surface area contributed by atoms with Gasteiger partial charge in [-0.25, -0.2) is 4.99 Å². The maximum Gasteiger partial charge on any atom is 0.191 e. The Morgan fingerprint density at radius 3 is 2.92 bits per heavy atom. The van der Waals surface area contributed by atoms with Gasteiger partial charge in [-0.05, 0) is 37.8 Å². The molecule has 1 aliphatic rings. The van der Waals surface area contributed by atoms with E-state index in [4.69, 9.17) is 21.1 Å². The molecule has 25 heavy (non-hydrogen) atoms. The van der Waals surface area contributed by atoms with E-state index in [9.17, 15) is 0 Å². The van der Waals surface area contributed by atoms with Gasteiger partial charge in [0.05, 0.1) is 19.3 Å². The lowest BCUT2D eigenvalue weighted by Gasteiger charge is -2.13. The van der Waals surface area contributed by atoms with Gasteiger partial charge in [0.2, 0.25) is 0 Å². The minimum absolute atomic E-state index is 0. The first-order valence-corrected chi connectivity index (χ1v) is 9.12. The van der Waals surface area contributed by atoms with Gasteiger partial charge in [0.15, 0.2) is 5.96 Å². The summed E-state index contributed by atoms with van der Waals surface area (Å²) in [7, 11) is 0. The number of halogens is 2. The predicted molar refractivity (Wildman–Crippen MR) is 114 cm³/mol. The molecule has 2 N–H and O–H groups in total. The van der Waals surface area contributed by atoms with Gasteiger partial charge < -0.3 is 20.1 Å². The van der Waals surface area contributed by atoms with E-state index in [2.05, 4.69) is 22.5 Å². The van der Waals surface area contributed by atoms with Gasteiger partial charge in [-0.2, -0.15) is 0 Å². The number of ether oxygens (including phenoxy) is 2. The number of hydrogen-bond acceptors (Lipinski definition) is 3. The van der Waals surface area contributed by atoms with Crippen molar-refractivity contribution in [2.24, 2.45) is 4.99 Å². The largest absolute Gasteiger partial charge is 0.379 e. The molecule has 1 saturated heterocycles. The molecule has 1 aromatic rings. The molecule has 0 spiro atoms. The van der Waals surface area contributed by atoms with Crippen LogP contribution in [0.1, 0.15) is 31.7 Å². The van der Waals surface area contributed by atoms with Crippen molar-refractivity contribution in [2.45, 2.75) is 38.8 Å². The highest BCUT2D eigenvalue weighted by Crippen LogP contribution is 2.15. The lowest BCUT2D eigenvalue weighted by atomic mass is 10.2. The molecule has 0 saturated carbocycles. The average molecular weight is 482 g/mol. The standard InChI is InChI=1S/C18H28ClN3O2.HI/c1-2-20-18(22-13-15-7-3-4-9-17(15)19)21-10-6-11-23-14-16-8-5-12-24-16;/h3-4,7,9,16H,2,5-6,8,10-14H2,1H3,(H2,20,21,22);1H. The fourth-order valence-electron chi connectivity index (χ4n) is 2.50. The van der Waals surface area contributed by atoms with E-state index in [-0.39, 0.29) is 24.0 Å². The number of benzene rings is 1. The Morgan fingerprint density at radius 2 is 2.20 bits per heavy atom. The molecule has 0 radical (unpaired) electrons. The summed E-state index contributed by atoms with van der Waals surface area (Å²) in [5.41, 5.74) is 1.02. The molecule has 1 unspecified atom stereocenters. The molecule has 1 heterocycles. The Morgan fingerprint density at radius 1 is 1.36 bits per heavy atom. The first-order valence-electron chi connectivity index (χ1n) is 8.74. The molecule has 0 aromatic heterocycles. The van der Waals surface area contributed by atoms with Gasteiger partial charge in [-0.15, -0.1) is 24.0 Å². The highest BCUT2D eigenvalue weighted by atomic mass is 127. The van der Waals surface area contributed by atoms with Crippen molar-refractivity contribution in [3.8, 4) is 0 Å². The van der Waals surface area contributed by atoms with Crippen molar-refractivity contribution >= 4 is 41.5 Å². The van der Waals surface area contributed by atoms with E-state index in [0.717, 1.165) is 62.1 Å². The van der Waals surface area contributed by atoms with Crippen molar-refractivity contribution in [2.75, 3.05) is 32.9 Å². The second-order valence-electron chi connectivity index (χ2n) is 5.78. The first kappa shape index (κ1) is 22.5. The van der Waals surface area contributed by atoms with Crippen LogP contribution in [0.15, 0.2) is 29.3 Å². The van der Waals surface area contributed by atoms with Crippen LogP contribution in [-0.2, 0) is 16.0 Å². The summed E-state index contributed by atoms with van der Waals surface area (Å²) in [5.74, 6) is 0.802. The highest BCUT2D eigenvalue weighted by molar-refractivity contribution is 14.0. The lowest BCUT2D eigenvalue weighted by molar-refractivity contribution is 0.0168. The number of nitrogens with zero attached hydrogens (tertiary/aromatic N) is 1. The zero-order valence-corrected chi connectivity index (χ0v) is 17.9. The van der Waals surface area contributed by atoms with Crippen LogP contribution in [0.25, 0.3) is 0 Å². The SMILES string of the molecule is CCNC(=NCc1ccccc1Cl)NCCCOCC1CCCO1.I. The molecule has 0 amide bonds. The summed E-state index contributed by atoms with van der Waals surface area (Å²) in [6.45, 7) is 6.58. The molecular formula is C18H29ClIN3O2. The third-order valence-corrected chi connectivity index (χ3v) is 4.16. The fourth-order valence-corrected chi connectivity index (χ4v) is 2.70. The normalized spacial score (nSPS) is 17.2. The second-order valence-corrected chi connectivity index (χ2v) is 6.18. The van der Waals surface area contributed by atoms with Crippen molar-refractivity contribution in [1.29, 1.82) is 0 Å². The van der Waals surface area contributed by atoms with Crippen molar-refractivity contribution in [1.82, 2.24) is 10.6 Å². The van der Waals surface area contributed by atoms with Crippen LogP contribution in [0.4, 0.5) is 0 Å². The maximum atomic E-state index is 6.16. The topological polar surface area (TPSA) is 54.9 Å². The van der Waals surface area contributed by atoms with Gasteiger partial charge in [-0.3, -0.25) is 0 Å². The molecule has 1 atom stereocenters. The van der Waals surface area contributed by atoms with Crippen LogP contribution in [0.3, 0.4) is 0 Å². The summed E-state index contributed by atoms with van der Waals surface area (Å²) < 4.78 is 11.2. The molecule has 142 valence electrons. The quantitative estimate of drug-likeness (QED) is 0.245. The number of nitrogens with one attached hydrogen (secondary N) is 2. The fraction of sp³-hybridized carbons (Fsp3) is 0.611. The highest BCUT2D eigenvalue weighted by Gasteiger charge is 2.14. The molecule has 1 fully saturated rings. The average Bonchev–Trinajstić information content (AvgIpc) is 3.10. The van der Waals surface area contributed by atoms with Crippen LogP contribution in [0, 0.1) is 0 Å². The Kier molecular flexibility index (Phi) is 12.2. The number of aliphatic imine (C=N–C) groups is 1. The predicted octanol–water partition coefficient (Wildman–Crippen LogP) is 3.60. The van der Waals surface area contributed by atoms with Gasteiger partial charge in [0.1, 0.15) is 0 Å². The summed E-state index contributed by atoms with van der Waals surface area (Å²) in [4.78, 5) is 4.57. The molecular weight excluding hydrogens is 453 g/mol. The van der Waals surface area contributed by atoms with Gasteiger partial charge in [-0.1, -0.05) is 29.8 Å². The summed E-state index contributed by atoms with van der Waals surface area (Å²) in [6, 6.07) is 7.78. The zero-order valence-electron chi connectivity index (χ0n) is 14.8. The molecule has 5 nitrogen and oxygen atoms in total. The van der Waals surface area contributed by atoms with Crippen LogP contribution in [-0.4, -0.2) is 45.0 Å². The van der Waals surface area contributed by atoms with E-state index in [1.54, 1.807) is 0 Å². The molecule has 2 rings (SSSR count). The Hall–Kier alpha value is -0.570. The Labute approximate surface area is 172 Å². The number of guanidine groups is 1. The molecule has 0 aliphatic carbocycles. The first-order chi connectivity index (χ1) is 11.8. The van der Waals surface area contributed by atoms with Crippen molar-refractivity contribution in [3.63, 3.8) is 0 Å². The smallest absolute Gasteiger partial charge is 0.191 e. The maximum absolute atomic E-state index is 6.16. The number of hydrogen-bond donors (Lipinski definition) is 2. The molecule has 1 aromatic carbocycles. The molecule has 1 aliphatic heterocycles. The van der Waals surface area contributed by atoms with E-state index in [1.807, 2.05) is 24.3 Å². The summed E-state index contributed by atoms with van der Waals surface area (Å²) in [6.07, 6.45) is 3.51. The summed E-state index contributed by atoms with van der Waals surface area (Å²) >= 11 is 6.16. The van der Waals surface area contributed by atoms with Gasteiger partial charge in [0, 0.05) is 31.3 Å². The minimum atomic E-state index is 0. The Balaban J connectivity index is 0.00000312. The van der Waals surface area contributed by atoms with Crippen LogP contribution in [0.2, 0.25) is 5.02 Å². The van der Waals surface area contributed by atoms with E-state index >= 15 is 0 Å². The van der Waals surface area contributed by atoms with E-state index in [0.29, 0.717) is 19.3 Å². The monoisotopic (exact) mass is 481 g/mol. The summed E-state index contributed by atoms with van der Waals surface area (Å²) in [5, 5.41) is 7.32. The molecule has 0 bridgehead atoms. The van der Waals surface area contributed by atoms with Gasteiger partial charge in [0.25, 0.3) is 0 Å². The zero-order chi connectivity index (χ0) is 17.0. The van der Waals surface area contributed by atoms with Crippen LogP contribution < -0.4 is 10.6 Å². The number of rotatable bonds is 9. The minimum Gasteiger partial charge on any atom is -0.379 e. The van der Waals surface area contributed by atoms with E-state index < -0.39 is 0 Å². The van der Waals surface area contributed by atoms with Crippen molar-refractivity contribution < 1.29 is 9.47 Å². The van der Waals surface area contributed by atoms with Crippen molar-refractivity contribution in [3.05, 3.63) is 34.9 Å². The molecule has 7 heteroatoms. The van der Waals surface area contributed by atoms with Gasteiger partial charge >= 0.3 is 0 Å². The Bertz CT molecular complexity index is 511. The third-order valence-electron chi connectivity index (χ3n) is 3.80. The third kappa shape index (κ3) is 9.08.